The van der Waals surface area contributed by atoms with E-state index in [-0.39, 0.29) is 23.3 Å². The lowest BCUT2D eigenvalue weighted by Gasteiger charge is -2.31. The van der Waals surface area contributed by atoms with E-state index in [1.807, 2.05) is 18.5 Å². The number of carbonyl (C=O) groups excluding carboxylic acids is 1. The van der Waals surface area contributed by atoms with E-state index in [9.17, 15) is 10.1 Å². The first-order valence-corrected chi connectivity index (χ1v) is 8.86. The van der Waals surface area contributed by atoms with Gasteiger partial charge in [0.15, 0.2) is 5.78 Å². The third kappa shape index (κ3) is 2.73. The lowest BCUT2D eigenvalue weighted by atomic mass is 9.79. The summed E-state index contributed by atoms with van der Waals surface area (Å²) in [7, 11) is 0. The first-order chi connectivity index (χ1) is 11.9. The highest BCUT2D eigenvalue weighted by molar-refractivity contribution is 6.32. The van der Waals surface area contributed by atoms with E-state index < -0.39 is 5.92 Å². The van der Waals surface area contributed by atoms with Gasteiger partial charge < -0.3 is 10.5 Å². The van der Waals surface area contributed by atoms with E-state index in [2.05, 4.69) is 18.1 Å². The SMILES string of the molecule is CC[C@H](C)n1nc(C)c(Cl)c1[C@@H]1C(C#N)=C(N)OC2=C1C(=O)CCC2. The fraction of sp³-hybridized carbons (Fsp3) is 0.500. The number of halogens is 1. The molecule has 1 aromatic heterocycles. The molecule has 0 amide bonds. The Morgan fingerprint density at radius 1 is 1.52 bits per heavy atom. The third-order valence-corrected chi connectivity index (χ3v) is 5.40. The number of carbonyl (C=O) groups is 1. The molecule has 0 unspecified atom stereocenters. The molecule has 2 atom stereocenters. The molecule has 3 rings (SSSR count). The third-order valence-electron chi connectivity index (χ3n) is 4.93. The maximum absolute atomic E-state index is 12.7. The second-order valence-electron chi connectivity index (χ2n) is 6.52. The van der Waals surface area contributed by atoms with Crippen molar-refractivity contribution < 1.29 is 9.53 Å². The Balaban J connectivity index is 2.29. The summed E-state index contributed by atoms with van der Waals surface area (Å²) in [5, 5.41) is 14.7. The summed E-state index contributed by atoms with van der Waals surface area (Å²) in [5.41, 5.74) is 8.05. The van der Waals surface area contributed by atoms with Crippen molar-refractivity contribution in [3.05, 3.63) is 39.2 Å². The van der Waals surface area contributed by atoms with Gasteiger partial charge in [0.25, 0.3) is 0 Å². The number of nitriles is 1. The van der Waals surface area contributed by atoms with Gasteiger partial charge in [-0.05, 0) is 26.7 Å². The highest BCUT2D eigenvalue weighted by Gasteiger charge is 2.41. The zero-order chi connectivity index (χ0) is 18.3. The van der Waals surface area contributed by atoms with Crippen LogP contribution in [0.25, 0.3) is 0 Å². The Hall–Kier alpha value is -2.26. The second-order valence-corrected chi connectivity index (χ2v) is 6.90. The molecule has 1 aliphatic heterocycles. The Kier molecular flexibility index (Phi) is 4.61. The number of nitrogens with two attached hydrogens (primary N) is 1. The molecule has 7 heteroatoms. The van der Waals surface area contributed by atoms with Crippen LogP contribution in [0.4, 0.5) is 0 Å². The molecule has 1 aromatic rings. The molecular formula is C18H21ClN4O2. The summed E-state index contributed by atoms with van der Waals surface area (Å²) in [5.74, 6) is -0.0312. The summed E-state index contributed by atoms with van der Waals surface area (Å²) in [6.45, 7) is 5.90. The number of ketones is 1. The van der Waals surface area contributed by atoms with Crippen molar-refractivity contribution >= 4 is 17.4 Å². The minimum atomic E-state index is -0.621. The highest BCUT2D eigenvalue weighted by atomic mass is 35.5. The average Bonchev–Trinajstić information content (AvgIpc) is 2.88. The Labute approximate surface area is 151 Å². The van der Waals surface area contributed by atoms with Crippen molar-refractivity contribution in [1.29, 1.82) is 5.26 Å². The molecule has 0 aromatic carbocycles. The molecule has 0 spiro atoms. The van der Waals surface area contributed by atoms with Gasteiger partial charge in [0.1, 0.15) is 17.4 Å². The molecule has 2 N–H and O–H groups in total. The van der Waals surface area contributed by atoms with E-state index in [0.29, 0.717) is 40.6 Å². The Bertz CT molecular complexity index is 844. The number of Topliss-reactive ketones (excluding diaryl/α,β-unsaturated/α-hetero) is 1. The molecule has 0 saturated carbocycles. The van der Waals surface area contributed by atoms with E-state index in [1.165, 1.54) is 0 Å². The van der Waals surface area contributed by atoms with Gasteiger partial charge in [-0.15, -0.1) is 0 Å². The van der Waals surface area contributed by atoms with Gasteiger partial charge in [-0.25, -0.2) is 0 Å². The van der Waals surface area contributed by atoms with Crippen LogP contribution in [0.1, 0.15) is 62.9 Å². The fourth-order valence-corrected chi connectivity index (χ4v) is 3.68. The van der Waals surface area contributed by atoms with Crippen LogP contribution in [-0.4, -0.2) is 15.6 Å². The summed E-state index contributed by atoms with van der Waals surface area (Å²) in [6, 6.07) is 2.20. The van der Waals surface area contributed by atoms with Crippen molar-refractivity contribution in [2.24, 2.45) is 5.73 Å². The predicted octanol–water partition coefficient (Wildman–Crippen LogP) is 3.63. The fourth-order valence-electron chi connectivity index (χ4n) is 3.44. The molecule has 1 aliphatic carbocycles. The summed E-state index contributed by atoms with van der Waals surface area (Å²) in [4.78, 5) is 12.7. The van der Waals surface area contributed by atoms with Crippen molar-refractivity contribution in [2.45, 2.75) is 58.4 Å². The Morgan fingerprint density at radius 2 is 2.24 bits per heavy atom. The number of allylic oxidation sites excluding steroid dienone is 3. The zero-order valence-corrected chi connectivity index (χ0v) is 15.4. The molecule has 132 valence electrons. The molecule has 0 radical (unpaired) electrons. The topological polar surface area (TPSA) is 93.9 Å². The molecular weight excluding hydrogens is 340 g/mol. The molecule has 25 heavy (non-hydrogen) atoms. The van der Waals surface area contributed by atoms with Gasteiger partial charge in [0, 0.05) is 24.5 Å². The minimum Gasteiger partial charge on any atom is -0.444 e. The summed E-state index contributed by atoms with van der Waals surface area (Å²) < 4.78 is 7.43. The van der Waals surface area contributed by atoms with Crippen LogP contribution in [0.5, 0.6) is 0 Å². The number of hydrogen-bond donors (Lipinski definition) is 1. The molecule has 0 saturated heterocycles. The van der Waals surface area contributed by atoms with Gasteiger partial charge >= 0.3 is 0 Å². The molecule has 2 aliphatic rings. The van der Waals surface area contributed by atoms with E-state index in [1.54, 1.807) is 0 Å². The van der Waals surface area contributed by atoms with E-state index in [0.717, 1.165) is 12.8 Å². The van der Waals surface area contributed by atoms with Crippen molar-refractivity contribution in [3.8, 4) is 6.07 Å². The van der Waals surface area contributed by atoms with Crippen molar-refractivity contribution in [3.63, 3.8) is 0 Å². The molecule has 0 bridgehead atoms. The van der Waals surface area contributed by atoms with Crippen LogP contribution in [0.3, 0.4) is 0 Å². The summed E-state index contributed by atoms with van der Waals surface area (Å²) in [6.07, 6.45) is 2.63. The van der Waals surface area contributed by atoms with Gasteiger partial charge in [0.05, 0.1) is 22.3 Å². The smallest absolute Gasteiger partial charge is 0.205 e. The van der Waals surface area contributed by atoms with Gasteiger partial charge in [-0.2, -0.15) is 10.4 Å². The molecule has 6 nitrogen and oxygen atoms in total. The average molecular weight is 361 g/mol. The standard InChI is InChI=1S/C18H21ClN4O2/c1-4-9(2)23-17(16(19)10(3)22-23)14-11(8-20)18(21)25-13-7-5-6-12(24)15(13)14/h9,14H,4-7,21H2,1-3H3/t9-,14+/m0/s1. The first kappa shape index (κ1) is 17.6. The first-order valence-electron chi connectivity index (χ1n) is 8.48. The minimum absolute atomic E-state index is 0.0166. The van der Waals surface area contributed by atoms with Crippen LogP contribution in [0, 0.1) is 18.3 Å². The van der Waals surface area contributed by atoms with Crippen molar-refractivity contribution in [2.75, 3.05) is 0 Å². The number of rotatable bonds is 3. The van der Waals surface area contributed by atoms with Crippen LogP contribution >= 0.6 is 11.6 Å². The number of ether oxygens (including phenoxy) is 1. The highest BCUT2D eigenvalue weighted by Crippen LogP contribution is 2.46. The van der Waals surface area contributed by atoms with Gasteiger partial charge in [-0.1, -0.05) is 18.5 Å². The van der Waals surface area contributed by atoms with Crippen molar-refractivity contribution in [1.82, 2.24) is 9.78 Å². The predicted molar refractivity (Wildman–Crippen MR) is 93.5 cm³/mol. The van der Waals surface area contributed by atoms with Crippen LogP contribution in [-0.2, 0) is 9.53 Å². The quantitative estimate of drug-likeness (QED) is 0.888. The number of aromatic nitrogens is 2. The zero-order valence-electron chi connectivity index (χ0n) is 14.6. The van der Waals surface area contributed by atoms with Crippen LogP contribution in [0.2, 0.25) is 5.02 Å². The summed E-state index contributed by atoms with van der Waals surface area (Å²) >= 11 is 6.57. The normalized spacial score (nSPS) is 21.7. The largest absolute Gasteiger partial charge is 0.444 e. The lowest BCUT2D eigenvalue weighted by molar-refractivity contribution is -0.116. The lowest BCUT2D eigenvalue weighted by Crippen LogP contribution is -2.29. The molecule has 2 heterocycles. The van der Waals surface area contributed by atoms with Crippen LogP contribution < -0.4 is 5.73 Å². The maximum atomic E-state index is 12.7. The maximum Gasteiger partial charge on any atom is 0.205 e. The Morgan fingerprint density at radius 3 is 2.88 bits per heavy atom. The number of aryl methyl sites for hydroxylation is 1. The van der Waals surface area contributed by atoms with E-state index >= 15 is 0 Å². The molecule has 0 fully saturated rings. The van der Waals surface area contributed by atoms with Crippen LogP contribution in [0.15, 0.2) is 22.8 Å². The van der Waals surface area contributed by atoms with Gasteiger partial charge in [-0.3, -0.25) is 9.48 Å². The monoisotopic (exact) mass is 360 g/mol. The van der Waals surface area contributed by atoms with Gasteiger partial charge in [0.2, 0.25) is 5.88 Å². The van der Waals surface area contributed by atoms with E-state index in [4.69, 9.17) is 22.1 Å². The second kappa shape index (κ2) is 6.57. The number of nitrogens with zero attached hydrogens (tertiary/aromatic N) is 3. The number of hydrogen-bond acceptors (Lipinski definition) is 5.